The number of hydrogen-bond acceptors (Lipinski definition) is 3. The number of rotatable bonds is 3. The highest BCUT2D eigenvalue weighted by Gasteiger charge is 2.18. The third-order valence-corrected chi connectivity index (χ3v) is 5.11. The minimum atomic E-state index is -0.241. The molecule has 0 aliphatic carbocycles. The molecule has 1 saturated heterocycles. The number of piperidine rings is 1. The highest BCUT2D eigenvalue weighted by atomic mass is 16.4. The summed E-state index contributed by atoms with van der Waals surface area (Å²) in [4.78, 5) is 14.4. The van der Waals surface area contributed by atoms with Crippen molar-refractivity contribution >= 4 is 11.0 Å². The fourth-order valence-electron chi connectivity index (χ4n) is 3.61. The Kier molecular flexibility index (Phi) is 4.58. The summed E-state index contributed by atoms with van der Waals surface area (Å²) in [5.41, 5.74) is 4.11. The summed E-state index contributed by atoms with van der Waals surface area (Å²) in [6, 6.07) is 5.92. The molecule has 0 saturated carbocycles. The minimum Gasteiger partial charge on any atom is -0.423 e. The van der Waals surface area contributed by atoms with Crippen LogP contribution in [0.2, 0.25) is 0 Å². The second kappa shape index (κ2) is 6.48. The normalized spacial score (nSPS) is 17.3. The third-order valence-electron chi connectivity index (χ3n) is 5.11. The van der Waals surface area contributed by atoms with Crippen LogP contribution in [0.1, 0.15) is 56.2 Å². The molecule has 3 heteroatoms. The lowest BCUT2D eigenvalue weighted by Crippen LogP contribution is -2.32. The second-order valence-corrected chi connectivity index (χ2v) is 7.41. The Morgan fingerprint density at radius 2 is 1.91 bits per heavy atom. The van der Waals surface area contributed by atoms with Crippen molar-refractivity contribution in [2.24, 2.45) is 5.92 Å². The van der Waals surface area contributed by atoms with Gasteiger partial charge in [0.2, 0.25) is 0 Å². The third kappa shape index (κ3) is 3.50. The van der Waals surface area contributed by atoms with Gasteiger partial charge in [0.15, 0.2) is 0 Å². The Morgan fingerprint density at radius 3 is 2.57 bits per heavy atom. The first-order chi connectivity index (χ1) is 10.9. The molecule has 1 aliphatic heterocycles. The molecular weight excluding hydrogens is 286 g/mol. The summed E-state index contributed by atoms with van der Waals surface area (Å²) in [6.45, 7) is 11.9. The van der Waals surface area contributed by atoms with E-state index >= 15 is 0 Å². The van der Waals surface area contributed by atoms with Gasteiger partial charge in [0.25, 0.3) is 0 Å². The van der Waals surface area contributed by atoms with E-state index in [1.807, 2.05) is 6.07 Å². The molecular formula is C20H27NO2. The number of nitrogens with zero attached hydrogens (tertiary/aromatic N) is 1. The van der Waals surface area contributed by atoms with E-state index in [0.717, 1.165) is 42.1 Å². The van der Waals surface area contributed by atoms with E-state index in [-0.39, 0.29) is 5.63 Å². The molecule has 124 valence electrons. The van der Waals surface area contributed by atoms with Crippen LogP contribution >= 0.6 is 0 Å². The molecule has 1 aromatic heterocycles. The summed E-state index contributed by atoms with van der Waals surface area (Å²) in [7, 11) is 0. The van der Waals surface area contributed by atoms with Crippen LogP contribution in [0.15, 0.2) is 27.4 Å². The van der Waals surface area contributed by atoms with Gasteiger partial charge in [0.05, 0.1) is 0 Å². The average Bonchev–Trinajstić information content (AvgIpc) is 2.48. The number of likely N-dealkylation sites (tertiary alicyclic amines) is 1. The van der Waals surface area contributed by atoms with Gasteiger partial charge < -0.3 is 4.42 Å². The number of hydrogen-bond donors (Lipinski definition) is 0. The van der Waals surface area contributed by atoms with Gasteiger partial charge in [-0.1, -0.05) is 20.8 Å². The molecule has 3 rings (SSSR count). The predicted octanol–water partition coefficient (Wildman–Crippen LogP) is 4.46. The van der Waals surface area contributed by atoms with Crippen molar-refractivity contribution in [3.8, 4) is 0 Å². The van der Waals surface area contributed by atoms with Crippen LogP contribution in [-0.2, 0) is 6.54 Å². The van der Waals surface area contributed by atoms with Crippen LogP contribution in [0.25, 0.3) is 11.0 Å². The van der Waals surface area contributed by atoms with E-state index < -0.39 is 0 Å². The molecule has 23 heavy (non-hydrogen) atoms. The van der Waals surface area contributed by atoms with Crippen LogP contribution in [0, 0.1) is 12.8 Å². The van der Waals surface area contributed by atoms with Gasteiger partial charge in [0.1, 0.15) is 5.58 Å². The molecule has 1 fully saturated rings. The van der Waals surface area contributed by atoms with E-state index in [4.69, 9.17) is 4.42 Å². The lowest BCUT2D eigenvalue weighted by atomic mass is 9.94. The first-order valence-corrected chi connectivity index (χ1v) is 8.73. The van der Waals surface area contributed by atoms with Gasteiger partial charge in [-0.15, -0.1) is 0 Å². The quantitative estimate of drug-likeness (QED) is 0.785. The molecule has 2 aromatic rings. The van der Waals surface area contributed by atoms with E-state index in [0.29, 0.717) is 5.92 Å². The Labute approximate surface area is 138 Å². The van der Waals surface area contributed by atoms with Gasteiger partial charge in [-0.3, -0.25) is 4.90 Å². The van der Waals surface area contributed by atoms with Gasteiger partial charge in [-0.25, -0.2) is 4.79 Å². The van der Waals surface area contributed by atoms with E-state index in [9.17, 15) is 4.79 Å². The summed E-state index contributed by atoms with van der Waals surface area (Å²) < 4.78 is 5.45. The molecule has 0 spiro atoms. The maximum Gasteiger partial charge on any atom is 0.336 e. The fraction of sp³-hybridized carbons (Fsp3) is 0.550. The van der Waals surface area contributed by atoms with Crippen LogP contribution < -0.4 is 5.63 Å². The first kappa shape index (κ1) is 16.3. The van der Waals surface area contributed by atoms with Crippen molar-refractivity contribution in [1.82, 2.24) is 4.90 Å². The molecule has 3 nitrogen and oxygen atoms in total. The predicted molar refractivity (Wildman–Crippen MR) is 95.0 cm³/mol. The minimum absolute atomic E-state index is 0.241. The number of aryl methyl sites for hydroxylation is 1. The molecule has 0 radical (unpaired) electrons. The molecule has 0 N–H and O–H groups in total. The van der Waals surface area contributed by atoms with Crippen molar-refractivity contribution in [2.45, 2.75) is 53.0 Å². The molecule has 1 aliphatic rings. The van der Waals surface area contributed by atoms with Crippen LogP contribution in [0.3, 0.4) is 0 Å². The Bertz CT molecular complexity index is 752. The van der Waals surface area contributed by atoms with Gasteiger partial charge >= 0.3 is 5.63 Å². The SMILES string of the molecule is Cc1cc2oc(=O)cc(CN3CCC(C)CC3)c2cc1C(C)C. The maximum absolute atomic E-state index is 11.9. The average molecular weight is 313 g/mol. The number of benzene rings is 1. The second-order valence-electron chi connectivity index (χ2n) is 7.41. The van der Waals surface area contributed by atoms with E-state index in [1.54, 1.807) is 6.07 Å². The van der Waals surface area contributed by atoms with Crippen molar-refractivity contribution in [1.29, 1.82) is 0 Å². The van der Waals surface area contributed by atoms with Gasteiger partial charge in [0, 0.05) is 18.0 Å². The molecule has 0 bridgehead atoms. The molecule has 0 atom stereocenters. The molecule has 1 aromatic carbocycles. The van der Waals surface area contributed by atoms with Crippen LogP contribution in [0.5, 0.6) is 0 Å². The van der Waals surface area contributed by atoms with Crippen molar-refractivity contribution in [2.75, 3.05) is 13.1 Å². The van der Waals surface area contributed by atoms with Crippen LogP contribution in [-0.4, -0.2) is 18.0 Å². The first-order valence-electron chi connectivity index (χ1n) is 8.73. The smallest absolute Gasteiger partial charge is 0.336 e. The summed E-state index contributed by atoms with van der Waals surface area (Å²) in [5, 5.41) is 1.09. The largest absolute Gasteiger partial charge is 0.423 e. The highest BCUT2D eigenvalue weighted by molar-refractivity contribution is 5.82. The summed E-state index contributed by atoms with van der Waals surface area (Å²) in [6.07, 6.45) is 2.49. The Morgan fingerprint density at radius 1 is 1.22 bits per heavy atom. The topological polar surface area (TPSA) is 33.5 Å². The van der Waals surface area contributed by atoms with Crippen LogP contribution in [0.4, 0.5) is 0 Å². The zero-order valence-electron chi connectivity index (χ0n) is 14.7. The fourth-order valence-corrected chi connectivity index (χ4v) is 3.61. The van der Waals surface area contributed by atoms with Gasteiger partial charge in [-0.05, 0) is 73.5 Å². The monoisotopic (exact) mass is 313 g/mol. The Hall–Kier alpha value is -1.61. The van der Waals surface area contributed by atoms with Gasteiger partial charge in [-0.2, -0.15) is 0 Å². The standard InChI is InChI=1S/C20H27NO2/c1-13(2)17-11-18-16(12-21-7-5-14(3)6-8-21)10-20(22)23-19(18)9-15(17)4/h9-11,13-14H,5-8,12H2,1-4H3. The Balaban J connectivity index is 2.01. The zero-order valence-corrected chi connectivity index (χ0v) is 14.7. The molecule has 0 amide bonds. The van der Waals surface area contributed by atoms with Crippen molar-refractivity contribution < 1.29 is 4.42 Å². The number of fused-ring (bicyclic) bond motifs is 1. The van der Waals surface area contributed by atoms with Crippen molar-refractivity contribution in [3.05, 3.63) is 45.3 Å². The highest BCUT2D eigenvalue weighted by Crippen LogP contribution is 2.28. The molecule has 2 heterocycles. The van der Waals surface area contributed by atoms with Crippen molar-refractivity contribution in [3.63, 3.8) is 0 Å². The summed E-state index contributed by atoms with van der Waals surface area (Å²) in [5.74, 6) is 1.29. The zero-order chi connectivity index (χ0) is 16.6. The lowest BCUT2D eigenvalue weighted by molar-refractivity contribution is 0.185. The molecule has 0 unspecified atom stereocenters. The maximum atomic E-state index is 11.9. The summed E-state index contributed by atoms with van der Waals surface area (Å²) >= 11 is 0. The van der Waals surface area contributed by atoms with E-state index in [2.05, 4.69) is 38.7 Å². The lowest BCUT2D eigenvalue weighted by Gasteiger charge is -2.30. The van der Waals surface area contributed by atoms with E-state index in [1.165, 1.54) is 24.0 Å².